The number of nitrogens with zero attached hydrogens (tertiary/aromatic N) is 1. The molecule has 0 amide bonds. The second-order valence-electron chi connectivity index (χ2n) is 6.10. The molecule has 1 aliphatic heterocycles. The van der Waals surface area contributed by atoms with Crippen molar-refractivity contribution < 1.29 is 8.42 Å². The van der Waals surface area contributed by atoms with Crippen molar-refractivity contribution in [2.75, 3.05) is 32.1 Å². The summed E-state index contributed by atoms with van der Waals surface area (Å²) in [6.07, 6.45) is 5.35. The van der Waals surface area contributed by atoms with Gasteiger partial charge in [0.25, 0.3) is 0 Å². The zero-order valence-electron chi connectivity index (χ0n) is 13.6. The van der Waals surface area contributed by atoms with Gasteiger partial charge in [-0.25, -0.2) is 12.7 Å². The van der Waals surface area contributed by atoms with Crippen LogP contribution in [0.15, 0.2) is 29.2 Å². The van der Waals surface area contributed by atoms with Crippen LogP contribution in [0.4, 0.5) is 0 Å². The summed E-state index contributed by atoms with van der Waals surface area (Å²) in [6, 6.07) is 8.90. The number of thioether (sulfide) groups is 1. The molecular formula is C16H26N2O2S2. The minimum Gasteiger partial charge on any atom is -0.314 e. The number of benzene rings is 1. The molecule has 1 heterocycles. The number of nitrogens with one attached hydrogen (secondary N) is 1. The van der Waals surface area contributed by atoms with Crippen LogP contribution in [0.2, 0.25) is 0 Å². The van der Waals surface area contributed by atoms with Crippen LogP contribution in [0.25, 0.3) is 0 Å². The number of rotatable bonds is 7. The maximum Gasteiger partial charge on any atom is 0.211 e. The smallest absolute Gasteiger partial charge is 0.211 e. The van der Waals surface area contributed by atoms with Gasteiger partial charge in [-0.05, 0) is 50.1 Å². The van der Waals surface area contributed by atoms with Crippen LogP contribution in [0.5, 0.6) is 0 Å². The summed E-state index contributed by atoms with van der Waals surface area (Å²) in [5, 5.41) is 3.57. The zero-order chi connectivity index (χ0) is 16.2. The summed E-state index contributed by atoms with van der Waals surface area (Å²) in [5.74, 6) is 0.424. The quantitative estimate of drug-likeness (QED) is 0.772. The molecule has 2 atom stereocenters. The maximum atomic E-state index is 11.5. The van der Waals surface area contributed by atoms with E-state index in [0.29, 0.717) is 25.0 Å². The monoisotopic (exact) mass is 342 g/mol. The van der Waals surface area contributed by atoms with E-state index in [1.165, 1.54) is 16.7 Å². The van der Waals surface area contributed by atoms with Gasteiger partial charge in [-0.2, -0.15) is 0 Å². The van der Waals surface area contributed by atoms with E-state index in [4.69, 9.17) is 0 Å². The molecule has 4 nitrogen and oxygen atoms in total. The Morgan fingerprint density at radius 1 is 1.41 bits per heavy atom. The minimum absolute atomic E-state index is 0.389. The third-order valence-corrected chi connectivity index (χ3v) is 6.30. The molecule has 1 saturated heterocycles. The molecule has 1 N–H and O–H groups in total. The fraction of sp³-hybridized carbons (Fsp3) is 0.625. The van der Waals surface area contributed by atoms with Crippen molar-refractivity contribution in [1.82, 2.24) is 9.62 Å². The van der Waals surface area contributed by atoms with Gasteiger partial charge in [-0.1, -0.05) is 18.2 Å². The highest BCUT2D eigenvalue weighted by Gasteiger charge is 2.28. The van der Waals surface area contributed by atoms with Gasteiger partial charge < -0.3 is 5.32 Å². The fourth-order valence-electron chi connectivity index (χ4n) is 2.91. The molecule has 6 heteroatoms. The summed E-state index contributed by atoms with van der Waals surface area (Å²) in [6.45, 7) is 4.39. The van der Waals surface area contributed by atoms with E-state index >= 15 is 0 Å². The Morgan fingerprint density at radius 2 is 2.14 bits per heavy atom. The molecule has 0 aliphatic carbocycles. The van der Waals surface area contributed by atoms with E-state index in [1.807, 2.05) is 0 Å². The van der Waals surface area contributed by atoms with E-state index in [-0.39, 0.29) is 0 Å². The number of hydrogen-bond donors (Lipinski definition) is 1. The van der Waals surface area contributed by atoms with Gasteiger partial charge in [-0.3, -0.25) is 0 Å². The number of sulfonamides is 1. The highest BCUT2D eigenvalue weighted by Crippen LogP contribution is 2.22. The van der Waals surface area contributed by atoms with Gasteiger partial charge in [0, 0.05) is 24.0 Å². The second kappa shape index (κ2) is 7.81. The van der Waals surface area contributed by atoms with Gasteiger partial charge in [0.05, 0.1) is 6.26 Å². The van der Waals surface area contributed by atoms with Crippen LogP contribution in [0.1, 0.15) is 18.9 Å². The van der Waals surface area contributed by atoms with Crippen LogP contribution >= 0.6 is 11.8 Å². The molecule has 1 aliphatic rings. The predicted octanol–water partition coefficient (Wildman–Crippen LogP) is 2.21. The summed E-state index contributed by atoms with van der Waals surface area (Å²) in [5.41, 5.74) is 1.37. The first-order valence-electron chi connectivity index (χ1n) is 7.70. The Labute approximate surface area is 138 Å². The van der Waals surface area contributed by atoms with Crippen molar-refractivity contribution in [3.05, 3.63) is 29.8 Å². The van der Waals surface area contributed by atoms with Gasteiger partial charge in [0.15, 0.2) is 0 Å². The Bertz CT molecular complexity index is 590. The van der Waals surface area contributed by atoms with E-state index in [9.17, 15) is 8.42 Å². The van der Waals surface area contributed by atoms with Crippen molar-refractivity contribution in [2.45, 2.75) is 30.7 Å². The van der Waals surface area contributed by atoms with Gasteiger partial charge >= 0.3 is 0 Å². The normalized spacial score (nSPS) is 21.1. The van der Waals surface area contributed by atoms with E-state index in [0.717, 1.165) is 19.4 Å². The molecule has 0 unspecified atom stereocenters. The average Bonchev–Trinajstić information content (AvgIpc) is 2.95. The fourth-order valence-corrected chi connectivity index (χ4v) is 4.45. The van der Waals surface area contributed by atoms with Gasteiger partial charge in [0.2, 0.25) is 10.0 Å². The van der Waals surface area contributed by atoms with Crippen molar-refractivity contribution >= 4 is 21.8 Å². The average molecular weight is 343 g/mol. The molecule has 1 aromatic carbocycles. The van der Waals surface area contributed by atoms with E-state index in [2.05, 4.69) is 42.8 Å². The van der Waals surface area contributed by atoms with Crippen LogP contribution in [-0.4, -0.2) is 50.9 Å². The lowest BCUT2D eigenvalue weighted by Gasteiger charge is -2.19. The Hall–Kier alpha value is -0.560. The summed E-state index contributed by atoms with van der Waals surface area (Å²) < 4.78 is 24.7. The zero-order valence-corrected chi connectivity index (χ0v) is 15.2. The highest BCUT2D eigenvalue weighted by molar-refractivity contribution is 7.98. The summed E-state index contributed by atoms with van der Waals surface area (Å²) in [4.78, 5) is 1.33. The van der Waals surface area contributed by atoms with E-state index in [1.54, 1.807) is 16.1 Å². The van der Waals surface area contributed by atoms with Gasteiger partial charge in [-0.15, -0.1) is 11.8 Å². The van der Waals surface area contributed by atoms with Crippen molar-refractivity contribution in [3.8, 4) is 0 Å². The maximum absolute atomic E-state index is 11.5. The minimum atomic E-state index is -3.03. The molecule has 0 aromatic heterocycles. The van der Waals surface area contributed by atoms with Crippen LogP contribution in [-0.2, 0) is 16.4 Å². The standard InChI is InChI=1S/C16H26N2O2S2/c1-13(10-15-6-4-5-7-16(15)21-2)17-11-14-8-9-18(12-14)22(3,19)20/h4-7,13-14,17H,8-12H2,1-3H3/t13-,14+/m1/s1. The Kier molecular flexibility index (Phi) is 6.32. The molecule has 22 heavy (non-hydrogen) atoms. The first-order chi connectivity index (χ1) is 10.4. The molecular weight excluding hydrogens is 316 g/mol. The van der Waals surface area contributed by atoms with Crippen molar-refractivity contribution in [2.24, 2.45) is 5.92 Å². The molecule has 1 fully saturated rings. The van der Waals surface area contributed by atoms with Crippen molar-refractivity contribution in [1.29, 1.82) is 0 Å². The number of hydrogen-bond acceptors (Lipinski definition) is 4. The molecule has 0 saturated carbocycles. The van der Waals surface area contributed by atoms with E-state index < -0.39 is 10.0 Å². The predicted molar refractivity (Wildman–Crippen MR) is 93.9 cm³/mol. The summed E-state index contributed by atoms with van der Waals surface area (Å²) in [7, 11) is -3.03. The lowest BCUT2D eigenvalue weighted by molar-refractivity contribution is 0.427. The molecule has 0 bridgehead atoms. The largest absolute Gasteiger partial charge is 0.314 e. The SMILES string of the molecule is CSc1ccccc1C[C@@H](C)NC[C@@H]1CCN(S(C)(=O)=O)C1. The highest BCUT2D eigenvalue weighted by atomic mass is 32.2. The molecule has 0 spiro atoms. The van der Waals surface area contributed by atoms with Crippen LogP contribution in [0.3, 0.4) is 0 Å². The third-order valence-electron chi connectivity index (χ3n) is 4.19. The molecule has 0 radical (unpaired) electrons. The van der Waals surface area contributed by atoms with Crippen molar-refractivity contribution in [3.63, 3.8) is 0 Å². The van der Waals surface area contributed by atoms with Crippen LogP contribution < -0.4 is 5.32 Å². The summed E-state index contributed by atoms with van der Waals surface area (Å²) >= 11 is 1.78. The van der Waals surface area contributed by atoms with Crippen LogP contribution in [0, 0.1) is 5.92 Å². The lowest BCUT2D eigenvalue weighted by Crippen LogP contribution is -2.34. The Morgan fingerprint density at radius 3 is 2.77 bits per heavy atom. The first-order valence-corrected chi connectivity index (χ1v) is 10.8. The second-order valence-corrected chi connectivity index (χ2v) is 8.93. The molecule has 1 aromatic rings. The van der Waals surface area contributed by atoms with Gasteiger partial charge in [0.1, 0.15) is 0 Å². The molecule has 124 valence electrons. The topological polar surface area (TPSA) is 49.4 Å². The first kappa shape index (κ1) is 17.8. The third kappa shape index (κ3) is 4.98. The lowest BCUT2D eigenvalue weighted by atomic mass is 10.1. The Balaban J connectivity index is 1.80. The molecule has 2 rings (SSSR count).